The first-order chi connectivity index (χ1) is 15.0. The Balaban J connectivity index is 1.46. The van der Waals surface area contributed by atoms with Crippen molar-refractivity contribution in [2.24, 2.45) is 0 Å². The van der Waals surface area contributed by atoms with Crippen LogP contribution in [0.15, 0.2) is 42.5 Å². The van der Waals surface area contributed by atoms with Crippen LogP contribution in [0.4, 0.5) is 4.39 Å². The van der Waals surface area contributed by atoms with Gasteiger partial charge in [0.2, 0.25) is 5.91 Å². The summed E-state index contributed by atoms with van der Waals surface area (Å²) in [6.45, 7) is 3.63. The number of benzene rings is 2. The van der Waals surface area contributed by atoms with E-state index in [1.807, 2.05) is 30.0 Å². The number of likely N-dealkylation sites (tertiary alicyclic amines) is 1. The average Bonchev–Trinajstić information content (AvgIpc) is 2.79. The van der Waals surface area contributed by atoms with Gasteiger partial charge in [-0.15, -0.1) is 0 Å². The number of piperidine rings is 1. The molecule has 1 aliphatic rings. The molecule has 1 saturated heterocycles. The van der Waals surface area contributed by atoms with E-state index in [2.05, 4.69) is 5.32 Å². The van der Waals surface area contributed by atoms with Gasteiger partial charge in [-0.05, 0) is 56.0 Å². The summed E-state index contributed by atoms with van der Waals surface area (Å²) >= 11 is 0. The maximum atomic E-state index is 13.8. The van der Waals surface area contributed by atoms with E-state index in [4.69, 9.17) is 9.47 Å². The fraction of sp³-hybridized carbons (Fsp3) is 0.417. The summed E-state index contributed by atoms with van der Waals surface area (Å²) in [4.78, 5) is 26.7. The third-order valence-corrected chi connectivity index (χ3v) is 5.46. The molecule has 0 aromatic heterocycles. The van der Waals surface area contributed by atoms with Crippen LogP contribution in [0.3, 0.4) is 0 Å². The minimum absolute atomic E-state index is 0.0480. The maximum Gasteiger partial charge on any atom is 0.254 e. The van der Waals surface area contributed by atoms with Gasteiger partial charge in [0, 0.05) is 25.6 Å². The van der Waals surface area contributed by atoms with Crippen molar-refractivity contribution in [3.63, 3.8) is 0 Å². The zero-order valence-corrected chi connectivity index (χ0v) is 18.0. The molecule has 0 radical (unpaired) electrons. The van der Waals surface area contributed by atoms with Gasteiger partial charge in [0.25, 0.3) is 5.91 Å². The lowest BCUT2D eigenvalue weighted by Gasteiger charge is -2.32. The molecule has 1 fully saturated rings. The summed E-state index contributed by atoms with van der Waals surface area (Å²) in [7, 11) is 1.60. The molecule has 1 heterocycles. The molecule has 2 aromatic carbocycles. The van der Waals surface area contributed by atoms with Crippen LogP contribution in [-0.2, 0) is 11.2 Å². The van der Waals surface area contributed by atoms with E-state index in [9.17, 15) is 14.0 Å². The zero-order chi connectivity index (χ0) is 22.2. The Morgan fingerprint density at radius 3 is 2.55 bits per heavy atom. The van der Waals surface area contributed by atoms with Crippen molar-refractivity contribution < 1.29 is 23.5 Å². The lowest BCUT2D eigenvalue weighted by molar-refractivity contribution is -0.132. The number of nitrogens with one attached hydrogen (secondary N) is 1. The number of rotatable bonds is 8. The van der Waals surface area contributed by atoms with E-state index in [0.29, 0.717) is 56.9 Å². The summed E-state index contributed by atoms with van der Waals surface area (Å²) in [5, 5.41) is 2.88. The molecule has 2 amide bonds. The van der Waals surface area contributed by atoms with Crippen LogP contribution in [0, 0.1) is 5.82 Å². The van der Waals surface area contributed by atoms with E-state index in [1.54, 1.807) is 19.2 Å². The molecule has 1 N–H and O–H groups in total. The van der Waals surface area contributed by atoms with Crippen molar-refractivity contribution >= 4 is 11.8 Å². The summed E-state index contributed by atoms with van der Waals surface area (Å²) in [6, 6.07) is 11.6. The molecular formula is C24H29FN2O4. The number of carbonyl (C=O) groups is 2. The number of carbonyl (C=O) groups excluding carboxylic acids is 2. The number of ether oxygens (including phenoxy) is 2. The van der Waals surface area contributed by atoms with Crippen molar-refractivity contribution in [1.82, 2.24) is 10.2 Å². The number of halogens is 1. The Kier molecular flexibility index (Phi) is 7.87. The molecular weight excluding hydrogens is 399 g/mol. The third-order valence-electron chi connectivity index (χ3n) is 5.46. The van der Waals surface area contributed by atoms with E-state index in [0.717, 1.165) is 5.56 Å². The first kappa shape index (κ1) is 22.6. The van der Waals surface area contributed by atoms with E-state index >= 15 is 0 Å². The van der Waals surface area contributed by atoms with Gasteiger partial charge in [0.05, 0.1) is 19.3 Å². The van der Waals surface area contributed by atoms with Crippen molar-refractivity contribution in [3.8, 4) is 11.5 Å². The van der Waals surface area contributed by atoms with Crippen LogP contribution >= 0.6 is 0 Å². The number of hydrogen-bond donors (Lipinski definition) is 1. The molecule has 3 rings (SSSR count). The van der Waals surface area contributed by atoms with Gasteiger partial charge < -0.3 is 19.7 Å². The van der Waals surface area contributed by atoms with Crippen molar-refractivity contribution in [2.45, 2.75) is 38.6 Å². The zero-order valence-electron chi connectivity index (χ0n) is 18.0. The van der Waals surface area contributed by atoms with Crippen LogP contribution in [-0.4, -0.2) is 49.6 Å². The van der Waals surface area contributed by atoms with Gasteiger partial charge in [-0.25, -0.2) is 4.39 Å². The molecule has 2 aromatic rings. The largest absolute Gasteiger partial charge is 0.493 e. The summed E-state index contributed by atoms with van der Waals surface area (Å²) in [5.41, 5.74) is 1.06. The van der Waals surface area contributed by atoms with Crippen LogP contribution in [0.2, 0.25) is 0 Å². The Bertz CT molecular complexity index is 910. The second-order valence-corrected chi connectivity index (χ2v) is 7.53. The van der Waals surface area contributed by atoms with Crippen LogP contribution in [0.25, 0.3) is 0 Å². The summed E-state index contributed by atoms with van der Waals surface area (Å²) < 4.78 is 24.7. The van der Waals surface area contributed by atoms with Gasteiger partial charge in [0.1, 0.15) is 5.82 Å². The predicted octanol–water partition coefficient (Wildman–Crippen LogP) is 3.59. The molecule has 0 unspecified atom stereocenters. The standard InChI is InChI=1S/C24H29FN2O4/c1-3-31-21-10-8-17(16-22(21)30-2)9-11-23(28)27-14-12-18(13-15-27)26-24(29)19-6-4-5-7-20(19)25/h4-8,10,16,18H,3,9,11-15H2,1-2H3,(H,26,29). The maximum absolute atomic E-state index is 13.8. The Labute approximate surface area is 182 Å². The highest BCUT2D eigenvalue weighted by Crippen LogP contribution is 2.28. The Morgan fingerprint density at radius 2 is 1.87 bits per heavy atom. The Morgan fingerprint density at radius 1 is 1.13 bits per heavy atom. The fourth-order valence-electron chi connectivity index (χ4n) is 3.73. The molecule has 0 aliphatic carbocycles. The lowest BCUT2D eigenvalue weighted by Crippen LogP contribution is -2.46. The van der Waals surface area contributed by atoms with Gasteiger partial charge in [-0.1, -0.05) is 18.2 Å². The van der Waals surface area contributed by atoms with Crippen LogP contribution in [0.5, 0.6) is 11.5 Å². The highest BCUT2D eigenvalue weighted by Gasteiger charge is 2.24. The molecule has 31 heavy (non-hydrogen) atoms. The monoisotopic (exact) mass is 428 g/mol. The fourth-order valence-corrected chi connectivity index (χ4v) is 3.73. The first-order valence-electron chi connectivity index (χ1n) is 10.6. The van der Waals surface area contributed by atoms with Gasteiger partial charge in [-0.3, -0.25) is 9.59 Å². The molecule has 1 aliphatic heterocycles. The topological polar surface area (TPSA) is 67.9 Å². The molecule has 0 spiro atoms. The van der Waals surface area contributed by atoms with E-state index in [1.165, 1.54) is 12.1 Å². The highest BCUT2D eigenvalue weighted by atomic mass is 19.1. The van der Waals surface area contributed by atoms with Crippen LogP contribution < -0.4 is 14.8 Å². The average molecular weight is 429 g/mol. The van der Waals surface area contributed by atoms with Gasteiger partial charge in [-0.2, -0.15) is 0 Å². The lowest BCUT2D eigenvalue weighted by atomic mass is 10.0. The Hall–Kier alpha value is -3.09. The number of nitrogens with zero attached hydrogens (tertiary/aromatic N) is 1. The molecule has 0 bridgehead atoms. The van der Waals surface area contributed by atoms with Crippen molar-refractivity contribution in [1.29, 1.82) is 0 Å². The van der Waals surface area contributed by atoms with E-state index in [-0.39, 0.29) is 17.5 Å². The molecule has 166 valence electrons. The quantitative estimate of drug-likeness (QED) is 0.698. The second-order valence-electron chi connectivity index (χ2n) is 7.53. The van der Waals surface area contributed by atoms with Crippen molar-refractivity contribution in [2.75, 3.05) is 26.8 Å². The minimum atomic E-state index is -0.529. The highest BCUT2D eigenvalue weighted by molar-refractivity contribution is 5.94. The molecule has 0 atom stereocenters. The van der Waals surface area contributed by atoms with Crippen LogP contribution in [0.1, 0.15) is 42.1 Å². The SMILES string of the molecule is CCOc1ccc(CCC(=O)N2CCC(NC(=O)c3ccccc3F)CC2)cc1OC. The number of aryl methyl sites for hydroxylation is 1. The molecule has 7 heteroatoms. The van der Waals surface area contributed by atoms with Gasteiger partial charge >= 0.3 is 0 Å². The summed E-state index contributed by atoms with van der Waals surface area (Å²) in [6.07, 6.45) is 2.33. The minimum Gasteiger partial charge on any atom is -0.493 e. The predicted molar refractivity (Wildman–Crippen MR) is 116 cm³/mol. The number of methoxy groups -OCH3 is 1. The smallest absolute Gasteiger partial charge is 0.254 e. The normalized spacial score (nSPS) is 14.2. The van der Waals surface area contributed by atoms with E-state index < -0.39 is 11.7 Å². The summed E-state index contributed by atoms with van der Waals surface area (Å²) in [5.74, 6) is 0.510. The van der Waals surface area contributed by atoms with Gasteiger partial charge in [0.15, 0.2) is 11.5 Å². The molecule has 0 saturated carbocycles. The number of amides is 2. The second kappa shape index (κ2) is 10.8. The first-order valence-corrected chi connectivity index (χ1v) is 10.6. The van der Waals surface area contributed by atoms with Crippen molar-refractivity contribution in [3.05, 3.63) is 59.4 Å². The number of hydrogen-bond acceptors (Lipinski definition) is 4. The molecule has 6 nitrogen and oxygen atoms in total. The third kappa shape index (κ3) is 5.96.